The highest BCUT2D eigenvalue weighted by Crippen LogP contribution is 1.42. The Hall–Kier alpha value is 0.01000. The molecule has 0 radical (unpaired) electrons. The fourth-order valence-corrected chi connectivity index (χ4v) is 0. The molecule has 0 spiro atoms. The normalized spacial score (nSPS) is 3.57. The zero-order chi connectivity index (χ0) is 3.58. The number of aliphatic carboxylic acids is 1. The van der Waals surface area contributed by atoms with Crippen LogP contribution < -0.4 is 0 Å². The Morgan fingerprint density at radius 2 is 1.43 bits per heavy atom. The maximum absolute atomic E-state index is 9.00. The van der Waals surface area contributed by atoms with Gasteiger partial charge >= 0.3 is 0 Å². The zero-order valence-electron chi connectivity index (χ0n) is 3.67. The smallest absolute Gasteiger partial charge is 0.300 e. The quantitative estimate of drug-likeness (QED) is 0.533. The number of carboxylic acids is 1. The highest BCUT2D eigenvalue weighted by Gasteiger charge is 1.65. The van der Waals surface area contributed by atoms with Crippen molar-refractivity contribution in [1.82, 2.24) is 0 Å². The first kappa shape index (κ1) is 27.9. The van der Waals surface area contributed by atoms with Crippen LogP contribution in [0.15, 0.2) is 0 Å². The molecule has 0 aromatic carbocycles. The van der Waals surface area contributed by atoms with E-state index in [1.165, 1.54) is 0 Å². The lowest BCUT2D eigenvalue weighted by molar-refractivity contribution is -0.134. The van der Waals surface area contributed by atoms with Gasteiger partial charge in [-0.3, -0.25) is 4.79 Å². The van der Waals surface area contributed by atoms with Crippen LogP contribution in [0.5, 0.6) is 0 Å². The van der Waals surface area contributed by atoms with Crippen molar-refractivity contribution in [2.24, 2.45) is 0 Å². The second kappa shape index (κ2) is 16.7. The molecule has 0 amide bonds. The van der Waals surface area contributed by atoms with E-state index >= 15 is 0 Å². The van der Waals surface area contributed by atoms with Crippen LogP contribution >= 0.6 is 24.8 Å². The molecule has 0 atom stereocenters. The second-order valence-corrected chi connectivity index (χ2v) is 0.519. The molecule has 0 aromatic heterocycles. The maximum Gasteiger partial charge on any atom is 0.300 e. The molecule has 48 valence electrons. The average Bonchev–Trinajstić information content (AvgIpc) is 0.811. The molecule has 0 aromatic rings. The van der Waals surface area contributed by atoms with Crippen LogP contribution in [-0.4, -0.2) is 16.6 Å². The number of carbonyl (C=O) groups is 1. The molecule has 3 nitrogen and oxygen atoms in total. The summed E-state index contributed by atoms with van der Waals surface area (Å²) in [5.74, 6) is -0.833. The Labute approximate surface area is 53.8 Å². The lowest BCUT2D eigenvalue weighted by Gasteiger charge is -1.59. The van der Waals surface area contributed by atoms with Crippen molar-refractivity contribution in [3.05, 3.63) is 0 Å². The van der Waals surface area contributed by atoms with Crippen LogP contribution in [0.3, 0.4) is 0 Å². The minimum absolute atomic E-state index is 0. The van der Waals surface area contributed by atoms with Gasteiger partial charge in [0.1, 0.15) is 0 Å². The van der Waals surface area contributed by atoms with Crippen molar-refractivity contribution in [1.29, 1.82) is 0 Å². The SMILES string of the molecule is CC(=O)O.Cl.Cl.O. The summed E-state index contributed by atoms with van der Waals surface area (Å²) in [4.78, 5) is 9.00. The van der Waals surface area contributed by atoms with Crippen LogP contribution in [0.2, 0.25) is 0 Å². The van der Waals surface area contributed by atoms with Crippen LogP contribution in [0.4, 0.5) is 0 Å². The Balaban J connectivity index is -0.0000000150. The molecule has 0 aliphatic heterocycles. The van der Waals surface area contributed by atoms with Crippen LogP contribution in [0.1, 0.15) is 6.92 Å². The Morgan fingerprint density at radius 1 is 1.43 bits per heavy atom. The van der Waals surface area contributed by atoms with Crippen LogP contribution in [0.25, 0.3) is 0 Å². The Kier molecular flexibility index (Phi) is 66.5. The monoisotopic (exact) mass is 150 g/mol. The van der Waals surface area contributed by atoms with E-state index in [2.05, 4.69) is 0 Å². The van der Waals surface area contributed by atoms with E-state index < -0.39 is 5.97 Å². The molecule has 3 N–H and O–H groups in total. The van der Waals surface area contributed by atoms with Gasteiger partial charge < -0.3 is 10.6 Å². The molecule has 0 saturated heterocycles. The molecule has 0 saturated carbocycles. The van der Waals surface area contributed by atoms with Crippen molar-refractivity contribution < 1.29 is 15.4 Å². The summed E-state index contributed by atoms with van der Waals surface area (Å²) in [5, 5.41) is 7.42. The maximum atomic E-state index is 9.00. The van der Waals surface area contributed by atoms with Crippen molar-refractivity contribution >= 4 is 30.8 Å². The number of rotatable bonds is 0. The summed E-state index contributed by atoms with van der Waals surface area (Å²) in [6.07, 6.45) is 0. The zero-order valence-corrected chi connectivity index (χ0v) is 5.30. The van der Waals surface area contributed by atoms with Gasteiger partial charge in [-0.1, -0.05) is 0 Å². The topological polar surface area (TPSA) is 68.8 Å². The molecule has 0 bridgehead atoms. The van der Waals surface area contributed by atoms with E-state index in [-0.39, 0.29) is 30.3 Å². The van der Waals surface area contributed by atoms with E-state index in [9.17, 15) is 0 Å². The van der Waals surface area contributed by atoms with Gasteiger partial charge in [0.2, 0.25) is 0 Å². The van der Waals surface area contributed by atoms with E-state index in [0.717, 1.165) is 6.92 Å². The summed E-state index contributed by atoms with van der Waals surface area (Å²) in [6.45, 7) is 1.08. The predicted molar refractivity (Wildman–Crippen MR) is 31.4 cm³/mol. The minimum atomic E-state index is -0.833. The van der Waals surface area contributed by atoms with Gasteiger partial charge in [0.25, 0.3) is 5.97 Å². The molecule has 0 fully saturated rings. The third-order valence-electron chi connectivity index (χ3n) is 0. The number of hydrogen-bond donors (Lipinski definition) is 1. The van der Waals surface area contributed by atoms with E-state index in [4.69, 9.17) is 9.90 Å². The van der Waals surface area contributed by atoms with E-state index in [1.54, 1.807) is 0 Å². The second-order valence-electron chi connectivity index (χ2n) is 0.519. The minimum Gasteiger partial charge on any atom is -0.481 e. The number of carboxylic acid groups (broad SMARTS) is 1. The molecule has 0 aliphatic rings. The van der Waals surface area contributed by atoms with Gasteiger partial charge in [0.15, 0.2) is 0 Å². The highest BCUT2D eigenvalue weighted by molar-refractivity contribution is 5.85. The van der Waals surface area contributed by atoms with Gasteiger partial charge in [-0.25, -0.2) is 0 Å². The predicted octanol–water partition coefficient (Wildman–Crippen LogP) is 0.110. The number of halogens is 2. The molecule has 0 aliphatic carbocycles. The summed E-state index contributed by atoms with van der Waals surface area (Å²) < 4.78 is 0. The van der Waals surface area contributed by atoms with Crippen molar-refractivity contribution in [3.8, 4) is 0 Å². The van der Waals surface area contributed by atoms with E-state index in [0.29, 0.717) is 0 Å². The largest absolute Gasteiger partial charge is 0.481 e. The van der Waals surface area contributed by atoms with E-state index in [1.807, 2.05) is 0 Å². The van der Waals surface area contributed by atoms with Crippen LogP contribution in [0, 0.1) is 0 Å². The van der Waals surface area contributed by atoms with Gasteiger partial charge in [-0.2, -0.15) is 0 Å². The first-order valence-corrected chi connectivity index (χ1v) is 0.928. The highest BCUT2D eigenvalue weighted by atomic mass is 35.5. The molecular weight excluding hydrogens is 143 g/mol. The fraction of sp³-hybridized carbons (Fsp3) is 0.500. The van der Waals surface area contributed by atoms with Crippen molar-refractivity contribution in [3.63, 3.8) is 0 Å². The van der Waals surface area contributed by atoms with Gasteiger partial charge in [-0.15, -0.1) is 24.8 Å². The molecule has 0 heterocycles. The van der Waals surface area contributed by atoms with Crippen molar-refractivity contribution in [2.45, 2.75) is 6.92 Å². The summed E-state index contributed by atoms with van der Waals surface area (Å²) in [5.41, 5.74) is 0. The molecule has 7 heavy (non-hydrogen) atoms. The lowest BCUT2D eigenvalue weighted by Crippen LogP contribution is -1.78. The van der Waals surface area contributed by atoms with Crippen molar-refractivity contribution in [2.75, 3.05) is 0 Å². The molecule has 5 heteroatoms. The molecule has 0 rings (SSSR count). The van der Waals surface area contributed by atoms with Gasteiger partial charge in [0, 0.05) is 6.92 Å². The molecular formula is C2H8Cl2O3. The Morgan fingerprint density at radius 3 is 1.43 bits per heavy atom. The summed E-state index contributed by atoms with van der Waals surface area (Å²) >= 11 is 0. The summed E-state index contributed by atoms with van der Waals surface area (Å²) in [7, 11) is 0. The third-order valence-corrected chi connectivity index (χ3v) is 0. The average molecular weight is 151 g/mol. The van der Waals surface area contributed by atoms with Gasteiger partial charge in [-0.05, 0) is 0 Å². The fourth-order valence-electron chi connectivity index (χ4n) is 0. The van der Waals surface area contributed by atoms with Gasteiger partial charge in [0.05, 0.1) is 0 Å². The lowest BCUT2D eigenvalue weighted by atomic mass is 10.9. The van der Waals surface area contributed by atoms with Crippen LogP contribution in [-0.2, 0) is 4.79 Å². The standard InChI is InChI=1S/C2H4O2.2ClH.H2O/c1-2(3)4;;;/h1H3,(H,3,4);2*1H;1H2. The Bertz CT molecular complexity index is 33.9. The molecule has 0 unspecified atom stereocenters. The third kappa shape index (κ3) is 966000. The number of hydrogen-bond acceptors (Lipinski definition) is 1. The first-order chi connectivity index (χ1) is 1.73. The first-order valence-electron chi connectivity index (χ1n) is 0.928. The summed E-state index contributed by atoms with van der Waals surface area (Å²) in [6, 6.07) is 0.